The maximum atomic E-state index is 10.9. The lowest BCUT2D eigenvalue weighted by Gasteiger charge is -2.35. The third kappa shape index (κ3) is 5.05. The van der Waals surface area contributed by atoms with Crippen LogP contribution in [-0.4, -0.2) is 72.2 Å². The van der Waals surface area contributed by atoms with Gasteiger partial charge in [-0.05, 0) is 43.1 Å². The Morgan fingerprint density at radius 3 is 2.87 bits per heavy atom. The zero-order valence-electron chi connectivity index (χ0n) is 17.7. The van der Waals surface area contributed by atoms with Crippen LogP contribution in [-0.2, 0) is 11.2 Å². The highest BCUT2D eigenvalue weighted by Gasteiger charge is 2.20. The summed E-state index contributed by atoms with van der Waals surface area (Å²) in [4.78, 5) is 27.4. The van der Waals surface area contributed by atoms with Gasteiger partial charge in [0.15, 0.2) is 18.2 Å². The van der Waals surface area contributed by atoms with E-state index in [-0.39, 0.29) is 6.61 Å². The van der Waals surface area contributed by atoms with Crippen molar-refractivity contribution in [1.82, 2.24) is 19.9 Å². The number of hydrogen-bond donors (Lipinski definition) is 2. The third-order valence-corrected chi connectivity index (χ3v) is 5.59. The van der Waals surface area contributed by atoms with Crippen molar-refractivity contribution >= 4 is 22.6 Å². The molecule has 1 aliphatic heterocycles. The zero-order chi connectivity index (χ0) is 21.6. The lowest BCUT2D eigenvalue weighted by Crippen LogP contribution is -2.47. The van der Waals surface area contributed by atoms with Gasteiger partial charge < -0.3 is 25.1 Å². The van der Waals surface area contributed by atoms with Crippen molar-refractivity contribution in [3.05, 3.63) is 42.5 Å². The van der Waals surface area contributed by atoms with Gasteiger partial charge in [-0.3, -0.25) is 9.69 Å². The normalized spacial score (nSPS) is 14.7. The predicted molar refractivity (Wildman–Crippen MR) is 119 cm³/mol. The monoisotopic (exact) mass is 424 g/mol. The van der Waals surface area contributed by atoms with Crippen LogP contribution >= 0.6 is 0 Å². The van der Waals surface area contributed by atoms with E-state index in [1.807, 2.05) is 18.2 Å². The lowest BCUT2D eigenvalue weighted by molar-refractivity contribution is -0.119. The maximum absolute atomic E-state index is 10.9. The maximum Gasteiger partial charge on any atom is 0.255 e. The number of ether oxygens (including phenoxy) is 2. The Bertz CT molecular complexity index is 1030. The van der Waals surface area contributed by atoms with Crippen LogP contribution in [0, 0.1) is 0 Å². The van der Waals surface area contributed by atoms with Gasteiger partial charge in [0.05, 0.1) is 13.3 Å². The van der Waals surface area contributed by atoms with Gasteiger partial charge in [-0.1, -0.05) is 0 Å². The van der Waals surface area contributed by atoms with E-state index in [1.165, 1.54) is 5.56 Å². The summed E-state index contributed by atoms with van der Waals surface area (Å²) in [5.74, 6) is 1.76. The second-order valence-corrected chi connectivity index (χ2v) is 7.62. The summed E-state index contributed by atoms with van der Waals surface area (Å²) < 4.78 is 10.8. The quantitative estimate of drug-likeness (QED) is 0.537. The van der Waals surface area contributed by atoms with Crippen LogP contribution in [0.5, 0.6) is 11.5 Å². The van der Waals surface area contributed by atoms with E-state index < -0.39 is 5.91 Å². The number of primary amides is 1. The van der Waals surface area contributed by atoms with Crippen molar-refractivity contribution in [2.75, 3.05) is 51.3 Å². The standard InChI is InChI=1S/C22H28N6O3/c1-30-20-13-24-15-26-22(20)28-9-7-27(8-10-28)6-2-3-16-12-25-19-5-4-17(11-18(16)19)31-14-21(23)29/h4-5,11-13,15,25H,2-3,6-10,14H2,1H3,(H2,23,29). The molecule has 9 nitrogen and oxygen atoms in total. The van der Waals surface area contributed by atoms with Gasteiger partial charge in [-0.25, -0.2) is 9.97 Å². The largest absolute Gasteiger partial charge is 0.491 e. The second kappa shape index (κ2) is 9.65. The molecule has 1 aromatic carbocycles. The van der Waals surface area contributed by atoms with E-state index in [2.05, 4.69) is 30.9 Å². The molecule has 0 spiro atoms. The number of rotatable bonds is 9. The van der Waals surface area contributed by atoms with E-state index in [4.69, 9.17) is 15.2 Å². The Hall–Kier alpha value is -3.33. The molecule has 164 valence electrons. The number of fused-ring (bicyclic) bond motifs is 1. The van der Waals surface area contributed by atoms with E-state index in [0.29, 0.717) is 5.75 Å². The van der Waals surface area contributed by atoms with Crippen molar-refractivity contribution in [2.24, 2.45) is 5.73 Å². The lowest BCUT2D eigenvalue weighted by atomic mass is 10.1. The number of carbonyl (C=O) groups is 1. The number of carbonyl (C=O) groups excluding carboxylic acids is 1. The molecule has 0 atom stereocenters. The van der Waals surface area contributed by atoms with Gasteiger partial charge in [0.25, 0.3) is 5.91 Å². The van der Waals surface area contributed by atoms with Crippen LogP contribution < -0.4 is 20.1 Å². The first-order chi connectivity index (χ1) is 15.1. The molecule has 2 aromatic heterocycles. The molecule has 1 saturated heterocycles. The molecule has 1 amide bonds. The summed E-state index contributed by atoms with van der Waals surface area (Å²) >= 11 is 0. The first-order valence-electron chi connectivity index (χ1n) is 10.5. The Balaban J connectivity index is 1.28. The van der Waals surface area contributed by atoms with Gasteiger partial charge in [0.2, 0.25) is 0 Å². The van der Waals surface area contributed by atoms with E-state index in [0.717, 1.165) is 68.0 Å². The highest BCUT2D eigenvalue weighted by atomic mass is 16.5. The molecule has 0 aliphatic carbocycles. The van der Waals surface area contributed by atoms with Gasteiger partial charge in [-0.2, -0.15) is 0 Å². The number of amides is 1. The molecule has 4 rings (SSSR count). The molecule has 0 bridgehead atoms. The first-order valence-corrected chi connectivity index (χ1v) is 10.5. The Morgan fingerprint density at radius 1 is 1.26 bits per heavy atom. The summed E-state index contributed by atoms with van der Waals surface area (Å²) in [5.41, 5.74) is 7.48. The first kappa shape index (κ1) is 20.9. The Kier molecular flexibility index (Phi) is 6.51. The average Bonchev–Trinajstić information content (AvgIpc) is 3.20. The molecular weight excluding hydrogens is 396 g/mol. The van der Waals surface area contributed by atoms with Crippen LogP contribution in [0.1, 0.15) is 12.0 Å². The summed E-state index contributed by atoms with van der Waals surface area (Å²) in [5, 5.41) is 1.13. The topological polar surface area (TPSA) is 110 Å². The van der Waals surface area contributed by atoms with Gasteiger partial charge >= 0.3 is 0 Å². The number of nitrogens with two attached hydrogens (primary N) is 1. The van der Waals surface area contributed by atoms with E-state index in [9.17, 15) is 4.79 Å². The van der Waals surface area contributed by atoms with Crippen molar-refractivity contribution in [1.29, 1.82) is 0 Å². The molecule has 1 fully saturated rings. The molecule has 3 heterocycles. The molecule has 31 heavy (non-hydrogen) atoms. The minimum atomic E-state index is -0.479. The smallest absolute Gasteiger partial charge is 0.255 e. The molecule has 1 aliphatic rings. The number of hydrogen-bond acceptors (Lipinski definition) is 7. The number of piperazine rings is 1. The van der Waals surface area contributed by atoms with E-state index >= 15 is 0 Å². The minimum Gasteiger partial charge on any atom is -0.491 e. The summed E-state index contributed by atoms with van der Waals surface area (Å²) in [6, 6.07) is 5.78. The van der Waals surface area contributed by atoms with Crippen molar-refractivity contribution in [2.45, 2.75) is 12.8 Å². The number of aryl methyl sites for hydroxylation is 1. The molecule has 9 heteroatoms. The highest BCUT2D eigenvalue weighted by molar-refractivity contribution is 5.84. The van der Waals surface area contributed by atoms with E-state index in [1.54, 1.807) is 19.6 Å². The Morgan fingerprint density at radius 2 is 2.10 bits per heavy atom. The predicted octanol–water partition coefficient (Wildman–Crippen LogP) is 1.59. The fraction of sp³-hybridized carbons (Fsp3) is 0.409. The SMILES string of the molecule is COc1cncnc1N1CCN(CCCc2c[nH]c3ccc(OCC(N)=O)cc23)CC1. The fourth-order valence-corrected chi connectivity index (χ4v) is 3.98. The number of nitrogens with zero attached hydrogens (tertiary/aromatic N) is 4. The van der Waals surface area contributed by atoms with Gasteiger partial charge in [-0.15, -0.1) is 0 Å². The Labute approximate surface area is 181 Å². The van der Waals surface area contributed by atoms with Crippen LogP contribution in [0.15, 0.2) is 36.9 Å². The number of benzene rings is 1. The summed E-state index contributed by atoms with van der Waals surface area (Å²) in [6.45, 7) is 4.75. The summed E-state index contributed by atoms with van der Waals surface area (Å²) in [7, 11) is 1.65. The summed E-state index contributed by atoms with van der Waals surface area (Å²) in [6.07, 6.45) is 7.37. The van der Waals surface area contributed by atoms with Crippen molar-refractivity contribution in [3.63, 3.8) is 0 Å². The van der Waals surface area contributed by atoms with Gasteiger partial charge in [0, 0.05) is 43.3 Å². The zero-order valence-corrected chi connectivity index (χ0v) is 17.7. The highest BCUT2D eigenvalue weighted by Crippen LogP contribution is 2.26. The molecule has 0 radical (unpaired) electrons. The van der Waals surface area contributed by atoms with Crippen molar-refractivity contribution < 1.29 is 14.3 Å². The van der Waals surface area contributed by atoms with Crippen LogP contribution in [0.25, 0.3) is 10.9 Å². The minimum absolute atomic E-state index is 0.113. The molecular formula is C22H28N6O3. The third-order valence-electron chi connectivity index (χ3n) is 5.59. The number of aromatic nitrogens is 3. The number of H-pyrrole nitrogens is 1. The number of methoxy groups -OCH3 is 1. The molecule has 3 N–H and O–H groups in total. The molecule has 0 saturated carbocycles. The number of aromatic amines is 1. The number of anilines is 1. The fourth-order valence-electron chi connectivity index (χ4n) is 3.98. The van der Waals surface area contributed by atoms with Crippen LogP contribution in [0.3, 0.4) is 0 Å². The molecule has 0 unspecified atom stereocenters. The average molecular weight is 425 g/mol. The van der Waals surface area contributed by atoms with Crippen LogP contribution in [0.2, 0.25) is 0 Å². The molecule has 3 aromatic rings. The number of nitrogens with one attached hydrogen (secondary N) is 1. The van der Waals surface area contributed by atoms with Gasteiger partial charge in [0.1, 0.15) is 12.1 Å². The van der Waals surface area contributed by atoms with Crippen molar-refractivity contribution in [3.8, 4) is 11.5 Å². The van der Waals surface area contributed by atoms with Crippen LogP contribution in [0.4, 0.5) is 5.82 Å². The second-order valence-electron chi connectivity index (χ2n) is 7.62.